The van der Waals surface area contributed by atoms with E-state index in [1.165, 1.54) is 0 Å². The number of benzene rings is 1. The minimum absolute atomic E-state index is 0.0610. The molecule has 1 aromatic rings. The average Bonchev–Trinajstić information content (AvgIpc) is 2.41. The number of anilines is 1. The lowest BCUT2D eigenvalue weighted by molar-refractivity contribution is -0.120. The summed E-state index contributed by atoms with van der Waals surface area (Å²) in [5, 5.41) is 3.04. The fourth-order valence-electron chi connectivity index (χ4n) is 2.07. The van der Waals surface area contributed by atoms with Gasteiger partial charge < -0.3 is 11.1 Å². The van der Waals surface area contributed by atoms with Gasteiger partial charge in [-0.05, 0) is 36.8 Å². The smallest absolute Gasteiger partial charge is 0.224 e. The third-order valence-corrected chi connectivity index (χ3v) is 5.23. The van der Waals surface area contributed by atoms with Gasteiger partial charge in [-0.15, -0.1) is 0 Å². The van der Waals surface area contributed by atoms with Gasteiger partial charge in [0.1, 0.15) is 0 Å². The summed E-state index contributed by atoms with van der Waals surface area (Å²) in [5.74, 6) is 0.0610. The van der Waals surface area contributed by atoms with Crippen molar-refractivity contribution in [2.75, 3.05) is 18.5 Å². The molecular weight excluding hydrogens is 256 g/mol. The van der Waals surface area contributed by atoms with Crippen LogP contribution in [-0.4, -0.2) is 23.5 Å². The van der Waals surface area contributed by atoms with Crippen LogP contribution < -0.4 is 11.1 Å². The van der Waals surface area contributed by atoms with Gasteiger partial charge in [-0.3, -0.25) is 4.79 Å². The van der Waals surface area contributed by atoms with E-state index < -0.39 is 0 Å². The molecule has 3 nitrogen and oxygen atoms in total. The molecule has 106 valence electrons. The van der Waals surface area contributed by atoms with E-state index in [0.717, 1.165) is 24.9 Å². The molecule has 0 aliphatic heterocycles. The quantitative estimate of drug-likeness (QED) is 0.755. The number of nitrogens with two attached hydrogens (primary N) is 1. The van der Waals surface area contributed by atoms with Crippen LogP contribution in [0.5, 0.6) is 0 Å². The second-order valence-electron chi connectivity index (χ2n) is 4.79. The maximum absolute atomic E-state index is 12.0. The van der Waals surface area contributed by atoms with Crippen molar-refractivity contribution in [3.8, 4) is 0 Å². The van der Waals surface area contributed by atoms with Crippen LogP contribution in [0.15, 0.2) is 24.3 Å². The molecule has 0 heterocycles. The first-order valence-electron chi connectivity index (χ1n) is 6.71. The van der Waals surface area contributed by atoms with Crippen LogP contribution in [0, 0.1) is 0 Å². The molecule has 3 N–H and O–H groups in total. The fourth-order valence-corrected chi connectivity index (χ4v) is 2.87. The minimum Gasteiger partial charge on any atom is -0.399 e. The summed E-state index contributed by atoms with van der Waals surface area (Å²) in [4.78, 5) is 12.0. The Hall–Kier alpha value is -1.16. The number of hydrogen-bond acceptors (Lipinski definition) is 3. The lowest BCUT2D eigenvalue weighted by atomic mass is 10.0. The Bertz CT molecular complexity index is 408. The zero-order valence-corrected chi connectivity index (χ0v) is 12.8. The van der Waals surface area contributed by atoms with Crippen molar-refractivity contribution in [3.05, 3.63) is 29.8 Å². The van der Waals surface area contributed by atoms with Crippen molar-refractivity contribution in [2.24, 2.45) is 0 Å². The lowest BCUT2D eigenvalue weighted by Crippen LogP contribution is -2.40. The summed E-state index contributed by atoms with van der Waals surface area (Å²) < 4.78 is 0.158. The summed E-state index contributed by atoms with van der Waals surface area (Å²) in [6.07, 6.45) is 4.62. The maximum atomic E-state index is 12.0. The normalized spacial score (nSPS) is 11.3. The molecule has 0 saturated carbocycles. The Labute approximate surface area is 120 Å². The summed E-state index contributed by atoms with van der Waals surface area (Å²) in [6, 6.07) is 7.48. The van der Waals surface area contributed by atoms with Gasteiger partial charge in [0.15, 0.2) is 0 Å². The van der Waals surface area contributed by atoms with Gasteiger partial charge in [0.05, 0.1) is 6.42 Å². The molecule has 0 unspecified atom stereocenters. The molecule has 0 atom stereocenters. The average molecular weight is 280 g/mol. The Morgan fingerprint density at radius 2 is 2.05 bits per heavy atom. The monoisotopic (exact) mass is 280 g/mol. The van der Waals surface area contributed by atoms with Gasteiger partial charge in [-0.2, -0.15) is 11.8 Å². The Kier molecular flexibility index (Phi) is 6.22. The topological polar surface area (TPSA) is 55.1 Å². The summed E-state index contributed by atoms with van der Waals surface area (Å²) in [5.41, 5.74) is 7.37. The minimum atomic E-state index is 0.0610. The molecule has 0 bridgehead atoms. The van der Waals surface area contributed by atoms with Gasteiger partial charge >= 0.3 is 0 Å². The van der Waals surface area contributed by atoms with Crippen molar-refractivity contribution in [3.63, 3.8) is 0 Å². The van der Waals surface area contributed by atoms with Crippen LogP contribution in [0.25, 0.3) is 0 Å². The van der Waals surface area contributed by atoms with Gasteiger partial charge in [-0.1, -0.05) is 26.0 Å². The van der Waals surface area contributed by atoms with Gasteiger partial charge in [0, 0.05) is 17.0 Å². The van der Waals surface area contributed by atoms with Crippen LogP contribution in [-0.2, 0) is 11.2 Å². The fraction of sp³-hybridized carbons (Fsp3) is 0.533. The van der Waals surface area contributed by atoms with Crippen molar-refractivity contribution >= 4 is 23.4 Å². The summed E-state index contributed by atoms with van der Waals surface area (Å²) in [6.45, 7) is 5.07. The predicted molar refractivity (Wildman–Crippen MR) is 84.4 cm³/mol. The molecule has 0 fully saturated rings. The van der Waals surface area contributed by atoms with E-state index in [-0.39, 0.29) is 10.7 Å². The number of nitrogens with one attached hydrogen (secondary N) is 1. The van der Waals surface area contributed by atoms with Crippen LogP contribution in [0.3, 0.4) is 0 Å². The van der Waals surface area contributed by atoms with Crippen molar-refractivity contribution in [1.29, 1.82) is 0 Å². The molecule has 0 aliphatic rings. The zero-order chi connectivity index (χ0) is 14.3. The molecule has 1 aromatic carbocycles. The largest absolute Gasteiger partial charge is 0.399 e. The van der Waals surface area contributed by atoms with Crippen molar-refractivity contribution in [1.82, 2.24) is 5.32 Å². The molecule has 0 aliphatic carbocycles. The number of rotatable bonds is 7. The highest BCUT2D eigenvalue weighted by atomic mass is 32.2. The number of hydrogen-bond donors (Lipinski definition) is 2. The predicted octanol–water partition coefficient (Wildman–Crippen LogP) is 2.85. The second kappa shape index (κ2) is 7.43. The van der Waals surface area contributed by atoms with Gasteiger partial charge in [0.25, 0.3) is 0 Å². The number of carbonyl (C=O) groups excluding carboxylic acids is 1. The summed E-state index contributed by atoms with van der Waals surface area (Å²) >= 11 is 1.83. The highest BCUT2D eigenvalue weighted by molar-refractivity contribution is 8.00. The standard InChI is InChI=1S/C15H24N2OS/c1-4-15(5-2,19-3)11-17-14(18)10-12-7-6-8-13(16)9-12/h6-9H,4-5,10-11,16H2,1-3H3,(H,17,18). The van der Waals surface area contributed by atoms with Crippen LogP contribution >= 0.6 is 11.8 Å². The van der Waals surface area contributed by atoms with E-state index in [4.69, 9.17) is 5.73 Å². The molecule has 4 heteroatoms. The first-order valence-corrected chi connectivity index (χ1v) is 7.94. The number of thioether (sulfide) groups is 1. The Morgan fingerprint density at radius 3 is 2.58 bits per heavy atom. The van der Waals surface area contributed by atoms with Crippen LogP contribution in [0.4, 0.5) is 5.69 Å². The van der Waals surface area contributed by atoms with E-state index in [9.17, 15) is 4.79 Å². The molecule has 0 saturated heterocycles. The summed E-state index contributed by atoms with van der Waals surface area (Å²) in [7, 11) is 0. The molecule has 1 amide bonds. The highest BCUT2D eigenvalue weighted by Gasteiger charge is 2.25. The molecule has 1 rings (SSSR count). The third kappa shape index (κ3) is 4.78. The third-order valence-electron chi connectivity index (χ3n) is 3.65. The Balaban J connectivity index is 2.52. The first-order chi connectivity index (χ1) is 9.05. The van der Waals surface area contributed by atoms with E-state index in [1.54, 1.807) is 0 Å². The molecule has 0 spiro atoms. The Morgan fingerprint density at radius 1 is 1.37 bits per heavy atom. The number of amides is 1. The van der Waals surface area contributed by atoms with Gasteiger partial charge in [0.2, 0.25) is 5.91 Å². The van der Waals surface area contributed by atoms with Crippen LogP contribution in [0.2, 0.25) is 0 Å². The van der Waals surface area contributed by atoms with Crippen molar-refractivity contribution in [2.45, 2.75) is 37.9 Å². The molecular formula is C15H24N2OS. The lowest BCUT2D eigenvalue weighted by Gasteiger charge is -2.29. The van der Waals surface area contributed by atoms with E-state index >= 15 is 0 Å². The number of carbonyl (C=O) groups is 1. The van der Waals surface area contributed by atoms with Crippen LogP contribution in [0.1, 0.15) is 32.3 Å². The zero-order valence-electron chi connectivity index (χ0n) is 12.0. The van der Waals surface area contributed by atoms with E-state index in [0.29, 0.717) is 12.1 Å². The van der Waals surface area contributed by atoms with E-state index in [1.807, 2.05) is 36.0 Å². The molecule has 0 radical (unpaired) electrons. The van der Waals surface area contributed by atoms with Crippen molar-refractivity contribution < 1.29 is 4.79 Å². The van der Waals surface area contributed by atoms with Gasteiger partial charge in [-0.25, -0.2) is 0 Å². The second-order valence-corrected chi connectivity index (χ2v) is 6.07. The molecule has 0 aromatic heterocycles. The van der Waals surface area contributed by atoms with E-state index in [2.05, 4.69) is 25.4 Å². The first kappa shape index (κ1) is 15.9. The SMILES string of the molecule is CCC(CC)(CNC(=O)Cc1cccc(N)c1)SC. The highest BCUT2D eigenvalue weighted by Crippen LogP contribution is 2.29. The molecule has 19 heavy (non-hydrogen) atoms. The number of nitrogen functional groups attached to an aromatic ring is 1. The maximum Gasteiger partial charge on any atom is 0.224 e.